The van der Waals surface area contributed by atoms with Crippen LogP contribution in [0.3, 0.4) is 0 Å². The van der Waals surface area contributed by atoms with Crippen molar-refractivity contribution in [3.63, 3.8) is 0 Å². The molecule has 0 aliphatic rings. The summed E-state index contributed by atoms with van der Waals surface area (Å²) in [6, 6.07) is 3.71. The van der Waals surface area contributed by atoms with Gasteiger partial charge in [0.15, 0.2) is 0 Å². The molecule has 0 radical (unpaired) electrons. The summed E-state index contributed by atoms with van der Waals surface area (Å²) >= 11 is 7.27. The molecule has 0 aliphatic heterocycles. The van der Waals surface area contributed by atoms with Crippen LogP contribution in [0.1, 0.15) is 25.1 Å². The lowest BCUT2D eigenvalue weighted by molar-refractivity contribution is -0.135. The number of thiophene rings is 1. The third-order valence-electron chi connectivity index (χ3n) is 2.11. The predicted molar refractivity (Wildman–Crippen MR) is 65.7 cm³/mol. The topological polar surface area (TPSA) is 37.4 Å². The molecule has 1 aromatic heterocycles. The lowest BCUT2D eigenvalue weighted by Gasteiger charge is -2.19. The van der Waals surface area contributed by atoms with Crippen molar-refractivity contribution in [2.45, 2.75) is 26.8 Å². The second-order valence-corrected chi connectivity index (χ2v) is 5.29. The number of halogens is 1. The summed E-state index contributed by atoms with van der Waals surface area (Å²) in [5.74, 6) is -0.229. The van der Waals surface area contributed by atoms with Crippen LogP contribution < -0.4 is 0 Å². The fourth-order valence-electron chi connectivity index (χ4n) is 1.33. The first-order chi connectivity index (χ1) is 7.52. The van der Waals surface area contributed by atoms with Gasteiger partial charge in [0.1, 0.15) is 5.78 Å². The maximum atomic E-state index is 11.7. The van der Waals surface area contributed by atoms with Gasteiger partial charge in [-0.2, -0.15) is 0 Å². The van der Waals surface area contributed by atoms with E-state index in [9.17, 15) is 9.59 Å². The summed E-state index contributed by atoms with van der Waals surface area (Å²) in [5, 5.41) is 0. The van der Waals surface area contributed by atoms with Crippen LogP contribution in [-0.4, -0.2) is 23.1 Å². The Bertz CT molecular complexity index is 389. The Hall–Kier alpha value is -0.870. The van der Waals surface area contributed by atoms with E-state index in [2.05, 4.69) is 0 Å². The third-order valence-corrected chi connectivity index (χ3v) is 3.33. The first kappa shape index (κ1) is 13.2. The highest BCUT2D eigenvalue weighted by molar-refractivity contribution is 7.16. The zero-order valence-electron chi connectivity index (χ0n) is 9.33. The minimum atomic E-state index is -0.125. The minimum absolute atomic E-state index is 0.0209. The Morgan fingerprint density at radius 1 is 1.44 bits per heavy atom. The fourth-order valence-corrected chi connectivity index (χ4v) is 2.43. The van der Waals surface area contributed by atoms with E-state index in [0.29, 0.717) is 17.4 Å². The summed E-state index contributed by atoms with van der Waals surface area (Å²) in [6.45, 7) is 4.45. The molecule has 0 atom stereocenters. The third kappa shape index (κ3) is 3.94. The Kier molecular flexibility index (Phi) is 4.96. The molecule has 5 heteroatoms. The maximum Gasteiger partial charge on any atom is 0.230 e. The highest BCUT2D eigenvalue weighted by Gasteiger charge is 2.14. The van der Waals surface area contributed by atoms with Crippen LogP contribution in [0.4, 0.5) is 0 Å². The van der Waals surface area contributed by atoms with Gasteiger partial charge < -0.3 is 4.90 Å². The van der Waals surface area contributed by atoms with Gasteiger partial charge in [0.05, 0.1) is 17.3 Å². The Morgan fingerprint density at radius 3 is 2.56 bits per heavy atom. The molecule has 88 valence electrons. The second kappa shape index (κ2) is 6.01. The van der Waals surface area contributed by atoms with Gasteiger partial charge in [0.25, 0.3) is 0 Å². The highest BCUT2D eigenvalue weighted by Crippen LogP contribution is 2.22. The van der Waals surface area contributed by atoms with Gasteiger partial charge >= 0.3 is 0 Å². The smallest absolute Gasteiger partial charge is 0.230 e. The van der Waals surface area contributed by atoms with E-state index in [-0.39, 0.29) is 18.1 Å². The van der Waals surface area contributed by atoms with Gasteiger partial charge in [-0.05, 0) is 26.0 Å². The van der Waals surface area contributed by atoms with E-state index in [1.807, 2.05) is 19.1 Å². The number of Topliss-reactive ketones (excluding diaryl/α,β-unsaturated/α-hetero) is 1. The van der Waals surface area contributed by atoms with Crippen LogP contribution in [0.25, 0.3) is 0 Å². The van der Waals surface area contributed by atoms with E-state index in [0.717, 1.165) is 4.88 Å². The first-order valence-corrected chi connectivity index (χ1v) is 6.23. The van der Waals surface area contributed by atoms with Gasteiger partial charge in [0.2, 0.25) is 5.91 Å². The zero-order chi connectivity index (χ0) is 12.1. The molecule has 16 heavy (non-hydrogen) atoms. The number of ketones is 1. The molecular formula is C11H14ClNO2S. The van der Waals surface area contributed by atoms with Crippen molar-refractivity contribution >= 4 is 34.6 Å². The fraction of sp³-hybridized carbons (Fsp3) is 0.455. The van der Waals surface area contributed by atoms with Gasteiger partial charge in [-0.15, -0.1) is 11.3 Å². The number of hydrogen-bond donors (Lipinski definition) is 0. The molecule has 0 spiro atoms. The van der Waals surface area contributed by atoms with Gasteiger partial charge in [-0.25, -0.2) is 0 Å². The lowest BCUT2D eigenvalue weighted by atomic mass is 10.2. The molecule has 0 saturated carbocycles. The van der Waals surface area contributed by atoms with Crippen molar-refractivity contribution in [1.82, 2.24) is 4.90 Å². The van der Waals surface area contributed by atoms with Crippen molar-refractivity contribution in [3.05, 3.63) is 21.3 Å². The number of hydrogen-bond acceptors (Lipinski definition) is 3. The van der Waals surface area contributed by atoms with Crippen LogP contribution in [-0.2, 0) is 16.1 Å². The summed E-state index contributed by atoms with van der Waals surface area (Å²) in [5.41, 5.74) is 0. The zero-order valence-corrected chi connectivity index (χ0v) is 10.9. The summed E-state index contributed by atoms with van der Waals surface area (Å²) in [6.07, 6.45) is -0.0209. The second-order valence-electron chi connectivity index (χ2n) is 3.49. The van der Waals surface area contributed by atoms with Crippen LogP contribution in [0, 0.1) is 0 Å². The monoisotopic (exact) mass is 259 g/mol. The molecule has 1 aromatic rings. The SMILES string of the molecule is CCN(Cc1ccc(Cl)s1)C(=O)CC(C)=O. The average molecular weight is 260 g/mol. The van der Waals surface area contributed by atoms with Gasteiger partial charge in [0, 0.05) is 11.4 Å². The molecule has 0 bridgehead atoms. The molecule has 0 unspecified atom stereocenters. The number of carbonyl (C=O) groups excluding carboxylic acids is 2. The quantitative estimate of drug-likeness (QED) is 0.763. The van der Waals surface area contributed by atoms with E-state index in [1.54, 1.807) is 4.90 Å². The molecule has 0 N–H and O–H groups in total. The predicted octanol–water partition coefficient (Wildman–Crippen LogP) is 2.73. The number of nitrogens with zero attached hydrogens (tertiary/aromatic N) is 1. The standard InChI is InChI=1S/C11H14ClNO2S/c1-3-13(11(15)6-8(2)14)7-9-4-5-10(12)16-9/h4-5H,3,6-7H2,1-2H3. The Balaban J connectivity index is 2.61. The van der Waals surface area contributed by atoms with Crippen molar-refractivity contribution in [1.29, 1.82) is 0 Å². The van der Waals surface area contributed by atoms with Crippen LogP contribution in [0.2, 0.25) is 4.34 Å². The van der Waals surface area contributed by atoms with Gasteiger partial charge in [-0.1, -0.05) is 11.6 Å². The van der Waals surface area contributed by atoms with Crippen LogP contribution >= 0.6 is 22.9 Å². The van der Waals surface area contributed by atoms with Crippen molar-refractivity contribution < 1.29 is 9.59 Å². The van der Waals surface area contributed by atoms with E-state index in [1.165, 1.54) is 18.3 Å². The number of rotatable bonds is 5. The van der Waals surface area contributed by atoms with E-state index < -0.39 is 0 Å². The summed E-state index contributed by atoms with van der Waals surface area (Å²) in [7, 11) is 0. The minimum Gasteiger partial charge on any atom is -0.337 e. The van der Waals surface area contributed by atoms with E-state index in [4.69, 9.17) is 11.6 Å². The number of amides is 1. The average Bonchev–Trinajstić information content (AvgIpc) is 2.59. The summed E-state index contributed by atoms with van der Waals surface area (Å²) in [4.78, 5) is 25.2. The lowest BCUT2D eigenvalue weighted by Crippen LogP contribution is -2.31. The van der Waals surface area contributed by atoms with Crippen LogP contribution in [0.5, 0.6) is 0 Å². The largest absolute Gasteiger partial charge is 0.337 e. The van der Waals surface area contributed by atoms with Crippen molar-refractivity contribution in [3.8, 4) is 0 Å². The van der Waals surface area contributed by atoms with Gasteiger partial charge in [-0.3, -0.25) is 9.59 Å². The first-order valence-electron chi connectivity index (χ1n) is 5.04. The molecule has 0 aromatic carbocycles. The molecule has 0 saturated heterocycles. The molecule has 1 rings (SSSR count). The van der Waals surface area contributed by atoms with Crippen molar-refractivity contribution in [2.24, 2.45) is 0 Å². The highest BCUT2D eigenvalue weighted by atomic mass is 35.5. The normalized spacial score (nSPS) is 10.2. The molecule has 1 amide bonds. The molecule has 1 heterocycles. The molecular weight excluding hydrogens is 246 g/mol. The number of carbonyl (C=O) groups is 2. The van der Waals surface area contributed by atoms with Crippen molar-refractivity contribution in [2.75, 3.05) is 6.54 Å². The Morgan fingerprint density at radius 2 is 2.12 bits per heavy atom. The molecule has 0 aliphatic carbocycles. The van der Waals surface area contributed by atoms with Crippen LogP contribution in [0.15, 0.2) is 12.1 Å². The molecule has 3 nitrogen and oxygen atoms in total. The Labute approximate surface area is 104 Å². The molecule has 0 fully saturated rings. The van der Waals surface area contributed by atoms with E-state index >= 15 is 0 Å². The summed E-state index contributed by atoms with van der Waals surface area (Å²) < 4.78 is 0.713. The maximum absolute atomic E-state index is 11.7.